The van der Waals surface area contributed by atoms with E-state index in [1.165, 1.54) is 0 Å². The van der Waals surface area contributed by atoms with Gasteiger partial charge in [-0.3, -0.25) is 9.88 Å². The van der Waals surface area contributed by atoms with Gasteiger partial charge in [0.05, 0.1) is 11.8 Å². The maximum atomic E-state index is 12.4. The zero-order chi connectivity index (χ0) is 18.4. The van der Waals surface area contributed by atoms with E-state index in [-0.39, 0.29) is 23.6 Å². The zero-order valence-corrected chi connectivity index (χ0v) is 16.2. The summed E-state index contributed by atoms with van der Waals surface area (Å²) in [7, 11) is 1.69. The van der Waals surface area contributed by atoms with Crippen LogP contribution in [0.1, 0.15) is 39.4 Å². The summed E-state index contributed by atoms with van der Waals surface area (Å²) in [6.45, 7) is 12.2. The predicted octanol–water partition coefficient (Wildman–Crippen LogP) is 2.53. The summed E-state index contributed by atoms with van der Waals surface area (Å²) in [6.07, 6.45) is 1.83. The van der Waals surface area contributed by atoms with Crippen molar-refractivity contribution in [2.24, 2.45) is 5.41 Å². The number of amides is 2. The average molecular weight is 348 g/mol. The first-order valence-corrected chi connectivity index (χ1v) is 9.03. The molecule has 0 aromatic carbocycles. The highest BCUT2D eigenvalue weighted by Gasteiger charge is 2.28. The molecule has 0 radical (unpaired) electrons. The molecular formula is C19H32N4O2. The first-order valence-electron chi connectivity index (χ1n) is 9.03. The first kappa shape index (κ1) is 19.7. The summed E-state index contributed by atoms with van der Waals surface area (Å²) in [4.78, 5) is 21.1. The number of pyridine rings is 1. The monoisotopic (exact) mass is 348 g/mol. The minimum absolute atomic E-state index is 0.00115. The van der Waals surface area contributed by atoms with Crippen molar-refractivity contribution in [2.75, 3.05) is 39.8 Å². The van der Waals surface area contributed by atoms with Crippen molar-refractivity contribution < 1.29 is 9.53 Å². The van der Waals surface area contributed by atoms with E-state index in [9.17, 15) is 4.79 Å². The number of rotatable bonds is 5. The molecule has 25 heavy (non-hydrogen) atoms. The Morgan fingerprint density at radius 1 is 1.28 bits per heavy atom. The summed E-state index contributed by atoms with van der Waals surface area (Å²) in [6, 6.07) is 6.27. The maximum absolute atomic E-state index is 12.4. The Bertz CT molecular complexity index is 536. The number of nitrogens with zero attached hydrogens (tertiary/aromatic N) is 3. The van der Waals surface area contributed by atoms with E-state index >= 15 is 0 Å². The molecule has 0 bridgehead atoms. The molecule has 1 aromatic rings. The smallest absolute Gasteiger partial charge is 0.317 e. The van der Waals surface area contributed by atoms with Crippen molar-refractivity contribution in [1.29, 1.82) is 0 Å². The van der Waals surface area contributed by atoms with E-state index in [2.05, 4.69) is 49.0 Å². The first-order chi connectivity index (χ1) is 11.8. The largest absolute Gasteiger partial charge is 0.379 e. The topological polar surface area (TPSA) is 57.7 Å². The number of carbonyl (C=O) groups excluding carboxylic acids is 1. The number of aromatic nitrogens is 1. The van der Waals surface area contributed by atoms with Gasteiger partial charge in [0.2, 0.25) is 0 Å². The van der Waals surface area contributed by atoms with Crippen molar-refractivity contribution in [2.45, 2.75) is 39.8 Å². The third-order valence-corrected chi connectivity index (χ3v) is 4.95. The van der Waals surface area contributed by atoms with Gasteiger partial charge in [0.1, 0.15) is 0 Å². The van der Waals surface area contributed by atoms with E-state index in [1.54, 1.807) is 7.11 Å². The van der Waals surface area contributed by atoms with Crippen LogP contribution in [-0.2, 0) is 4.74 Å². The third-order valence-electron chi connectivity index (χ3n) is 4.95. The Balaban J connectivity index is 1.80. The highest BCUT2D eigenvalue weighted by molar-refractivity contribution is 5.74. The lowest BCUT2D eigenvalue weighted by Crippen LogP contribution is -2.53. The second-order valence-corrected chi connectivity index (χ2v) is 7.73. The van der Waals surface area contributed by atoms with Gasteiger partial charge in [-0.25, -0.2) is 4.79 Å². The number of methoxy groups -OCH3 is 1. The van der Waals surface area contributed by atoms with Crippen LogP contribution in [-0.4, -0.2) is 66.8 Å². The molecule has 6 heteroatoms. The Hall–Kier alpha value is -1.66. The fourth-order valence-corrected chi connectivity index (χ4v) is 3.16. The second kappa shape index (κ2) is 8.63. The molecule has 0 aliphatic carbocycles. The molecule has 2 atom stereocenters. The number of nitrogens with one attached hydrogen (secondary N) is 1. The molecule has 1 aliphatic heterocycles. The van der Waals surface area contributed by atoms with Gasteiger partial charge in [-0.05, 0) is 24.5 Å². The van der Waals surface area contributed by atoms with Crippen LogP contribution >= 0.6 is 0 Å². The zero-order valence-electron chi connectivity index (χ0n) is 16.2. The molecule has 0 saturated carbocycles. The van der Waals surface area contributed by atoms with Crippen molar-refractivity contribution in [3.8, 4) is 0 Å². The highest BCUT2D eigenvalue weighted by atomic mass is 16.5. The van der Waals surface area contributed by atoms with Gasteiger partial charge >= 0.3 is 6.03 Å². The van der Waals surface area contributed by atoms with Gasteiger partial charge in [0.15, 0.2) is 0 Å². The van der Waals surface area contributed by atoms with Crippen molar-refractivity contribution in [3.05, 3.63) is 30.1 Å². The van der Waals surface area contributed by atoms with E-state index in [0.717, 1.165) is 31.9 Å². The van der Waals surface area contributed by atoms with Gasteiger partial charge in [-0.1, -0.05) is 26.8 Å². The van der Waals surface area contributed by atoms with E-state index < -0.39 is 0 Å². The van der Waals surface area contributed by atoms with Crippen LogP contribution in [0.4, 0.5) is 4.79 Å². The molecular weight excluding hydrogens is 316 g/mol. The number of piperazine rings is 1. The lowest BCUT2D eigenvalue weighted by molar-refractivity contribution is 0.0179. The van der Waals surface area contributed by atoms with Gasteiger partial charge in [-0.2, -0.15) is 0 Å². The van der Waals surface area contributed by atoms with Gasteiger partial charge in [-0.15, -0.1) is 0 Å². The Labute approximate surface area is 151 Å². The lowest BCUT2D eigenvalue weighted by Gasteiger charge is -2.38. The highest BCUT2D eigenvalue weighted by Crippen LogP contribution is 2.21. The van der Waals surface area contributed by atoms with Gasteiger partial charge in [0.25, 0.3) is 0 Å². The average Bonchev–Trinajstić information content (AvgIpc) is 2.61. The third kappa shape index (κ3) is 5.41. The van der Waals surface area contributed by atoms with Gasteiger partial charge < -0.3 is 15.0 Å². The molecule has 1 aliphatic rings. The fraction of sp³-hybridized carbons (Fsp3) is 0.684. The summed E-state index contributed by atoms with van der Waals surface area (Å²) >= 11 is 0. The molecule has 1 aromatic heterocycles. The van der Waals surface area contributed by atoms with Crippen LogP contribution < -0.4 is 5.32 Å². The molecule has 140 valence electrons. The minimum atomic E-state index is -0.00330. The number of hydrogen-bond acceptors (Lipinski definition) is 4. The molecule has 1 N–H and O–H groups in total. The second-order valence-electron chi connectivity index (χ2n) is 7.73. The van der Waals surface area contributed by atoms with Gasteiger partial charge in [0, 0.05) is 52.1 Å². The standard InChI is InChI=1S/C19H32N4O2/c1-15(16-8-6-7-9-20-16)22-10-12-23(13-11-22)18(24)21-14-17(25-5)19(2,3)4/h6-9,15,17H,10-14H2,1-5H3,(H,21,24)/t15-,17+/m1/s1. The van der Waals surface area contributed by atoms with Crippen LogP contribution in [0.15, 0.2) is 24.4 Å². The molecule has 0 unspecified atom stereocenters. The quantitative estimate of drug-likeness (QED) is 0.888. The van der Waals surface area contributed by atoms with Crippen LogP contribution in [0.2, 0.25) is 0 Å². The molecule has 1 saturated heterocycles. The molecule has 2 amide bonds. The van der Waals surface area contributed by atoms with Crippen molar-refractivity contribution >= 4 is 6.03 Å². The summed E-state index contributed by atoms with van der Waals surface area (Å²) < 4.78 is 5.50. The number of urea groups is 1. The van der Waals surface area contributed by atoms with Crippen molar-refractivity contribution in [1.82, 2.24) is 20.1 Å². The fourth-order valence-electron chi connectivity index (χ4n) is 3.16. The predicted molar refractivity (Wildman–Crippen MR) is 99.4 cm³/mol. The van der Waals surface area contributed by atoms with E-state index in [4.69, 9.17) is 4.74 Å². The number of carbonyl (C=O) groups is 1. The normalized spacial score (nSPS) is 18.7. The molecule has 2 rings (SSSR count). The van der Waals surface area contributed by atoms with Crippen LogP contribution in [0.25, 0.3) is 0 Å². The van der Waals surface area contributed by atoms with Crippen molar-refractivity contribution in [3.63, 3.8) is 0 Å². The van der Waals surface area contributed by atoms with E-state index in [1.807, 2.05) is 23.2 Å². The molecule has 2 heterocycles. The molecule has 0 spiro atoms. The van der Waals surface area contributed by atoms with Crippen LogP contribution in [0.5, 0.6) is 0 Å². The summed E-state index contributed by atoms with van der Waals surface area (Å²) in [5, 5.41) is 3.02. The SMILES string of the molecule is CO[C@@H](CNC(=O)N1CCN([C@H](C)c2ccccn2)CC1)C(C)(C)C. The molecule has 6 nitrogen and oxygen atoms in total. The summed E-state index contributed by atoms with van der Waals surface area (Å²) in [5.41, 5.74) is 1.08. The number of ether oxygens (including phenoxy) is 1. The Morgan fingerprint density at radius 3 is 2.48 bits per heavy atom. The maximum Gasteiger partial charge on any atom is 0.317 e. The van der Waals surface area contributed by atoms with Crippen LogP contribution in [0.3, 0.4) is 0 Å². The summed E-state index contributed by atoms with van der Waals surface area (Å²) in [5.74, 6) is 0. The number of hydrogen-bond donors (Lipinski definition) is 1. The minimum Gasteiger partial charge on any atom is -0.379 e. The Morgan fingerprint density at radius 2 is 1.96 bits per heavy atom. The van der Waals surface area contributed by atoms with Crippen LogP contribution in [0, 0.1) is 5.41 Å². The van der Waals surface area contributed by atoms with E-state index in [0.29, 0.717) is 6.54 Å². The lowest BCUT2D eigenvalue weighted by atomic mass is 9.89. The molecule has 1 fully saturated rings. The Kier molecular flexibility index (Phi) is 6.79.